The van der Waals surface area contributed by atoms with E-state index < -0.39 is 43.3 Å². The summed E-state index contributed by atoms with van der Waals surface area (Å²) >= 11 is 0. The van der Waals surface area contributed by atoms with Gasteiger partial charge in [0.2, 0.25) is 0 Å². The number of rotatable bonds is 1. The summed E-state index contributed by atoms with van der Waals surface area (Å²) in [5, 5.41) is 15.8. The third-order valence-corrected chi connectivity index (χ3v) is 0.357. The van der Waals surface area contributed by atoms with Crippen molar-refractivity contribution < 1.29 is 67.6 Å². The van der Waals surface area contributed by atoms with Crippen molar-refractivity contribution in [2.75, 3.05) is 0 Å². The van der Waals surface area contributed by atoms with Gasteiger partial charge in [-0.15, -0.1) is 0 Å². The molecule has 0 amide bonds. The Labute approximate surface area is 152 Å². The van der Waals surface area contributed by atoms with E-state index in [4.69, 9.17) is 62.8 Å². The molecule has 0 rings (SSSR count). The predicted molar refractivity (Wildman–Crippen MR) is 62.2 cm³/mol. The van der Waals surface area contributed by atoms with Gasteiger partial charge in [0.25, 0.3) is 0 Å². The van der Waals surface area contributed by atoms with E-state index in [2.05, 4.69) is 0 Å². The molecule has 2 N–H and O–H groups in total. The molecular formula is C3H6Al2O15S3. The van der Waals surface area contributed by atoms with Crippen molar-refractivity contribution in [1.82, 2.24) is 0 Å². The molecule has 0 heterocycles. The standard InChI is InChI=1S/C3H6O3.2Al.3H2O4S/c1-2(4)3(5)6;;;3*1-5(2,3)4/h2,4H,1H3,(H,5,6);;;3*(H2,1,2,3,4)/q;2*+3;;;/p-6. The van der Waals surface area contributed by atoms with Gasteiger partial charge in [-0.3, -0.25) is 25.3 Å². The zero-order valence-electron chi connectivity index (χ0n) is 10.7. The zero-order valence-corrected chi connectivity index (χ0v) is 15.4. The third kappa shape index (κ3) is 530. The summed E-state index contributed by atoms with van der Waals surface area (Å²) in [7, 11) is -15.5. The molecule has 0 aliphatic heterocycles. The minimum absolute atomic E-state index is 0. The molecule has 23 heavy (non-hydrogen) atoms. The summed E-state index contributed by atoms with van der Waals surface area (Å²) in [5.41, 5.74) is 0. The van der Waals surface area contributed by atoms with Crippen LogP contribution in [0.15, 0.2) is 0 Å². The molecule has 132 valence electrons. The summed E-state index contributed by atoms with van der Waals surface area (Å²) in [5.74, 6) is -1.19. The van der Waals surface area contributed by atoms with Crippen LogP contribution in [0.5, 0.6) is 0 Å². The van der Waals surface area contributed by atoms with E-state index in [1.54, 1.807) is 0 Å². The molecule has 0 aliphatic carbocycles. The first-order chi connectivity index (χ1) is 8.64. The van der Waals surface area contributed by atoms with Gasteiger partial charge < -0.3 is 37.5 Å². The molecule has 15 nitrogen and oxygen atoms in total. The first kappa shape index (κ1) is 38.6. The van der Waals surface area contributed by atoms with E-state index in [9.17, 15) is 4.79 Å². The Morgan fingerprint density at radius 3 is 0.783 bits per heavy atom. The smallest absolute Gasteiger partial charge is 0.759 e. The fourth-order valence-corrected chi connectivity index (χ4v) is 0. The van der Waals surface area contributed by atoms with Crippen LogP contribution in [0.1, 0.15) is 6.92 Å². The monoisotopic (exact) mass is 432 g/mol. The fraction of sp³-hybridized carbons (Fsp3) is 0.667. The molecule has 0 radical (unpaired) electrons. The average Bonchev–Trinajstić information content (AvgIpc) is 1.92. The van der Waals surface area contributed by atoms with Crippen LogP contribution in [0.2, 0.25) is 0 Å². The number of aliphatic hydroxyl groups is 1. The van der Waals surface area contributed by atoms with E-state index in [1.807, 2.05) is 0 Å². The SMILES string of the molecule is CC(O)C(=O)O.O=S(=O)([O-])[O-].O=S(=O)([O-])[O-].O=S(=O)([O-])[O-].[Al+3].[Al+3]. The van der Waals surface area contributed by atoms with Crippen LogP contribution in [-0.4, -0.2) is 110 Å². The molecule has 0 aromatic carbocycles. The maximum atomic E-state index is 9.45. The first-order valence-electron chi connectivity index (χ1n) is 3.55. The van der Waals surface area contributed by atoms with Crippen LogP contribution in [0.3, 0.4) is 0 Å². The van der Waals surface area contributed by atoms with Gasteiger partial charge in [-0.25, -0.2) is 4.79 Å². The van der Waals surface area contributed by atoms with E-state index in [0.29, 0.717) is 0 Å². The summed E-state index contributed by atoms with van der Waals surface area (Å²) in [6.07, 6.45) is -1.23. The van der Waals surface area contributed by atoms with Gasteiger partial charge in [-0.2, -0.15) is 0 Å². The number of hydrogen-bond donors (Lipinski definition) is 2. The minimum atomic E-state index is -5.17. The first-order valence-corrected chi connectivity index (χ1v) is 7.55. The molecule has 1 unspecified atom stereocenters. The number of carboxylic acids is 1. The Bertz CT molecular complexity index is 476. The fourth-order valence-electron chi connectivity index (χ4n) is 0. The Morgan fingerprint density at radius 1 is 0.739 bits per heavy atom. The molecule has 0 spiro atoms. The molecule has 0 fully saturated rings. The van der Waals surface area contributed by atoms with Crippen molar-refractivity contribution in [1.29, 1.82) is 0 Å². The van der Waals surface area contributed by atoms with Crippen molar-refractivity contribution >= 4 is 71.9 Å². The summed E-state index contributed by atoms with van der Waals surface area (Å²) in [4.78, 5) is 9.45. The van der Waals surface area contributed by atoms with Crippen LogP contribution in [0, 0.1) is 0 Å². The number of carbonyl (C=O) groups is 1. The zero-order chi connectivity index (χ0) is 18.7. The van der Waals surface area contributed by atoms with E-state index in [0.717, 1.165) is 0 Å². The predicted octanol–water partition coefficient (Wildman–Crippen LogP) is -5.32. The second-order valence-electron chi connectivity index (χ2n) is 2.24. The van der Waals surface area contributed by atoms with Crippen LogP contribution in [0.25, 0.3) is 0 Å². The maximum absolute atomic E-state index is 9.45. The Balaban J connectivity index is -0.0000000408. The van der Waals surface area contributed by atoms with E-state index in [1.165, 1.54) is 6.92 Å². The second-order valence-corrected chi connectivity index (χ2v) is 4.69. The largest absolute Gasteiger partial charge is 3.00 e. The number of carboxylic acid groups (broad SMARTS) is 1. The second kappa shape index (κ2) is 16.9. The molecule has 0 bridgehead atoms. The summed E-state index contributed by atoms with van der Waals surface area (Å²) < 4.78 is 102. The normalized spacial score (nSPS) is 11.1. The molecule has 0 saturated heterocycles. The summed E-state index contributed by atoms with van der Waals surface area (Å²) in [6.45, 7) is 1.20. The molecule has 1 atom stereocenters. The van der Waals surface area contributed by atoms with Crippen LogP contribution < -0.4 is 0 Å². The van der Waals surface area contributed by atoms with Crippen molar-refractivity contribution in [2.24, 2.45) is 0 Å². The Hall–Kier alpha value is 0.105. The van der Waals surface area contributed by atoms with E-state index >= 15 is 0 Å². The van der Waals surface area contributed by atoms with Crippen molar-refractivity contribution in [3.8, 4) is 0 Å². The average molecular weight is 432 g/mol. The van der Waals surface area contributed by atoms with Gasteiger partial charge in [0, 0.05) is 31.2 Å². The van der Waals surface area contributed by atoms with Gasteiger partial charge in [-0.1, -0.05) is 0 Å². The molecule has 20 heteroatoms. The third-order valence-electron chi connectivity index (χ3n) is 0.357. The molecule has 0 aliphatic rings. The van der Waals surface area contributed by atoms with Crippen LogP contribution in [0.4, 0.5) is 0 Å². The Kier molecular flexibility index (Phi) is 28.4. The molecular weight excluding hydrogens is 426 g/mol. The van der Waals surface area contributed by atoms with Crippen molar-refractivity contribution in [3.63, 3.8) is 0 Å². The van der Waals surface area contributed by atoms with Crippen LogP contribution in [-0.2, 0) is 36.0 Å². The number of aliphatic hydroxyl groups excluding tert-OH is 1. The van der Waals surface area contributed by atoms with Gasteiger partial charge in [-0.05, 0) is 6.92 Å². The topological polar surface area (TPSA) is 298 Å². The maximum Gasteiger partial charge on any atom is 3.00 e. The van der Waals surface area contributed by atoms with Gasteiger partial charge >= 0.3 is 40.7 Å². The van der Waals surface area contributed by atoms with Gasteiger partial charge in [0.05, 0.1) is 0 Å². The van der Waals surface area contributed by atoms with Crippen LogP contribution >= 0.6 is 0 Å². The quantitative estimate of drug-likeness (QED) is 0.222. The van der Waals surface area contributed by atoms with Crippen molar-refractivity contribution in [3.05, 3.63) is 0 Å². The van der Waals surface area contributed by atoms with Crippen molar-refractivity contribution in [2.45, 2.75) is 13.0 Å². The Morgan fingerprint density at radius 2 is 0.783 bits per heavy atom. The van der Waals surface area contributed by atoms with E-state index in [-0.39, 0.29) is 34.7 Å². The number of aliphatic carboxylic acids is 1. The molecule has 0 aromatic heterocycles. The molecule has 0 saturated carbocycles. The molecule has 0 aromatic rings. The van der Waals surface area contributed by atoms with Gasteiger partial charge in [0.15, 0.2) is 0 Å². The minimum Gasteiger partial charge on any atom is -0.759 e. The number of hydrogen-bond acceptors (Lipinski definition) is 14. The van der Waals surface area contributed by atoms with Gasteiger partial charge in [0.1, 0.15) is 6.10 Å². The summed E-state index contributed by atoms with van der Waals surface area (Å²) in [6, 6.07) is 0.